The first-order valence-corrected chi connectivity index (χ1v) is 4.63. The highest BCUT2D eigenvalue weighted by molar-refractivity contribution is 5.79. The molecule has 74 valence electrons. The van der Waals surface area contributed by atoms with Gasteiger partial charge in [0.1, 0.15) is 0 Å². The van der Waals surface area contributed by atoms with Crippen molar-refractivity contribution in [3.63, 3.8) is 0 Å². The van der Waals surface area contributed by atoms with Gasteiger partial charge >= 0.3 is 0 Å². The first-order chi connectivity index (χ1) is 6.00. The largest absolute Gasteiger partial charge is 0.341 e. The molecule has 1 fully saturated rings. The maximum absolute atomic E-state index is 11.5. The van der Waals surface area contributed by atoms with Crippen molar-refractivity contribution in [3.8, 4) is 0 Å². The van der Waals surface area contributed by atoms with Crippen molar-refractivity contribution in [2.75, 3.05) is 26.7 Å². The lowest BCUT2D eigenvalue weighted by Gasteiger charge is -2.37. The van der Waals surface area contributed by atoms with E-state index in [-0.39, 0.29) is 5.91 Å². The molecule has 1 amide bonds. The van der Waals surface area contributed by atoms with E-state index >= 15 is 0 Å². The molecule has 0 radical (unpaired) electrons. The summed E-state index contributed by atoms with van der Waals surface area (Å²) in [5.41, 5.74) is 1.12. The number of nitrogens with zero attached hydrogens (tertiary/aromatic N) is 2. The van der Waals surface area contributed by atoms with Gasteiger partial charge in [0.15, 0.2) is 0 Å². The van der Waals surface area contributed by atoms with Gasteiger partial charge in [-0.2, -0.15) is 0 Å². The Morgan fingerprint density at radius 3 is 2.77 bits per heavy atom. The van der Waals surface area contributed by atoms with Crippen LogP contribution in [0.5, 0.6) is 0 Å². The summed E-state index contributed by atoms with van der Waals surface area (Å²) >= 11 is 0. The van der Waals surface area contributed by atoms with Crippen LogP contribution in [-0.2, 0) is 4.79 Å². The van der Waals surface area contributed by atoms with Crippen molar-refractivity contribution in [3.05, 3.63) is 12.2 Å². The van der Waals surface area contributed by atoms with E-state index in [4.69, 9.17) is 0 Å². The van der Waals surface area contributed by atoms with Crippen LogP contribution in [0.25, 0.3) is 0 Å². The van der Waals surface area contributed by atoms with Crippen molar-refractivity contribution in [2.45, 2.75) is 19.9 Å². The van der Waals surface area contributed by atoms with Crippen LogP contribution in [0.2, 0.25) is 0 Å². The highest BCUT2D eigenvalue weighted by atomic mass is 16.2. The number of piperazine rings is 1. The van der Waals surface area contributed by atoms with E-state index in [0.717, 1.165) is 18.7 Å². The predicted octanol–water partition coefficient (Wildman–Crippen LogP) is 0.725. The Kier molecular flexibility index (Phi) is 3.09. The van der Waals surface area contributed by atoms with Crippen LogP contribution in [0.1, 0.15) is 13.8 Å². The molecule has 0 bridgehead atoms. The Hall–Kier alpha value is -0.830. The van der Waals surface area contributed by atoms with E-state index in [9.17, 15) is 4.79 Å². The summed E-state index contributed by atoms with van der Waals surface area (Å²) in [6.45, 7) is 10.2. The third-order valence-electron chi connectivity index (χ3n) is 2.43. The number of hydrogen-bond donors (Lipinski definition) is 0. The van der Waals surface area contributed by atoms with Gasteiger partial charge in [0, 0.05) is 26.2 Å². The minimum Gasteiger partial charge on any atom is -0.341 e. The van der Waals surface area contributed by atoms with Crippen molar-refractivity contribution >= 4 is 5.91 Å². The molecule has 1 aliphatic heterocycles. The predicted molar refractivity (Wildman–Crippen MR) is 53.5 cm³/mol. The van der Waals surface area contributed by atoms with Gasteiger partial charge in [0.25, 0.3) is 0 Å². The molecule has 1 rings (SSSR count). The summed E-state index contributed by atoms with van der Waals surface area (Å²) in [4.78, 5) is 15.4. The van der Waals surface area contributed by atoms with Gasteiger partial charge in [-0.05, 0) is 13.8 Å². The molecule has 1 unspecified atom stereocenters. The lowest BCUT2D eigenvalue weighted by Crippen LogP contribution is -2.53. The molecule has 13 heavy (non-hydrogen) atoms. The topological polar surface area (TPSA) is 23.6 Å². The SMILES string of the molecule is C=C(C)CN1CC(=O)N(C)C(C)C1. The normalized spacial score (nSPS) is 25.0. The molecule has 0 aromatic carbocycles. The molecule has 1 aliphatic rings. The fourth-order valence-electron chi connectivity index (χ4n) is 1.61. The van der Waals surface area contributed by atoms with E-state index in [1.807, 2.05) is 18.9 Å². The van der Waals surface area contributed by atoms with Gasteiger partial charge in [-0.3, -0.25) is 9.69 Å². The van der Waals surface area contributed by atoms with E-state index in [1.165, 1.54) is 0 Å². The molecule has 0 aromatic heterocycles. The number of carbonyl (C=O) groups excluding carboxylic acids is 1. The molecule has 0 aliphatic carbocycles. The van der Waals surface area contributed by atoms with Crippen LogP contribution in [0.15, 0.2) is 12.2 Å². The molecule has 1 heterocycles. The Morgan fingerprint density at radius 1 is 1.69 bits per heavy atom. The van der Waals surface area contributed by atoms with Gasteiger partial charge in [-0.1, -0.05) is 12.2 Å². The maximum atomic E-state index is 11.5. The molecule has 0 saturated carbocycles. The third kappa shape index (κ3) is 2.56. The summed E-state index contributed by atoms with van der Waals surface area (Å²) in [6, 6.07) is 0.320. The second-order valence-corrected chi connectivity index (χ2v) is 3.98. The minimum atomic E-state index is 0.208. The van der Waals surface area contributed by atoms with Crippen LogP contribution in [0.3, 0.4) is 0 Å². The molecular weight excluding hydrogens is 164 g/mol. The van der Waals surface area contributed by atoms with Gasteiger partial charge < -0.3 is 4.90 Å². The maximum Gasteiger partial charge on any atom is 0.236 e. The monoisotopic (exact) mass is 182 g/mol. The van der Waals surface area contributed by atoms with Gasteiger partial charge in [0.05, 0.1) is 6.54 Å². The van der Waals surface area contributed by atoms with E-state index in [2.05, 4.69) is 18.4 Å². The molecule has 0 aromatic rings. The zero-order valence-corrected chi connectivity index (χ0v) is 8.71. The Labute approximate surface area is 80.0 Å². The van der Waals surface area contributed by atoms with Crippen molar-refractivity contribution in [1.82, 2.24) is 9.80 Å². The lowest BCUT2D eigenvalue weighted by atomic mass is 10.2. The summed E-state index contributed by atoms with van der Waals surface area (Å²) in [6.07, 6.45) is 0. The molecular formula is C10H18N2O. The average molecular weight is 182 g/mol. The summed E-state index contributed by atoms with van der Waals surface area (Å²) in [5.74, 6) is 0.208. The van der Waals surface area contributed by atoms with Crippen molar-refractivity contribution < 1.29 is 4.79 Å². The van der Waals surface area contributed by atoms with Crippen molar-refractivity contribution in [1.29, 1.82) is 0 Å². The standard InChI is InChI=1S/C10H18N2O/c1-8(2)5-12-6-9(3)11(4)10(13)7-12/h9H,1,5-7H2,2-4H3. The summed E-state index contributed by atoms with van der Waals surface area (Å²) in [7, 11) is 1.87. The van der Waals surface area contributed by atoms with Crippen molar-refractivity contribution in [2.24, 2.45) is 0 Å². The number of hydrogen-bond acceptors (Lipinski definition) is 2. The van der Waals surface area contributed by atoms with Crippen LogP contribution >= 0.6 is 0 Å². The average Bonchev–Trinajstić information content (AvgIpc) is 1.98. The fraction of sp³-hybridized carbons (Fsp3) is 0.700. The van der Waals surface area contributed by atoms with E-state index in [0.29, 0.717) is 12.6 Å². The smallest absolute Gasteiger partial charge is 0.236 e. The van der Waals surface area contributed by atoms with Gasteiger partial charge in [-0.15, -0.1) is 0 Å². The van der Waals surface area contributed by atoms with Gasteiger partial charge in [0.2, 0.25) is 5.91 Å². The van der Waals surface area contributed by atoms with Gasteiger partial charge in [-0.25, -0.2) is 0 Å². The first-order valence-electron chi connectivity index (χ1n) is 4.63. The highest BCUT2D eigenvalue weighted by Gasteiger charge is 2.26. The van der Waals surface area contributed by atoms with Crippen LogP contribution < -0.4 is 0 Å². The Bertz CT molecular complexity index is 225. The van der Waals surface area contributed by atoms with Crippen LogP contribution in [-0.4, -0.2) is 48.4 Å². The lowest BCUT2D eigenvalue weighted by molar-refractivity contribution is -0.137. The second kappa shape index (κ2) is 3.92. The second-order valence-electron chi connectivity index (χ2n) is 3.98. The van der Waals surface area contributed by atoms with Crippen LogP contribution in [0.4, 0.5) is 0 Å². The highest BCUT2D eigenvalue weighted by Crippen LogP contribution is 2.09. The molecule has 0 spiro atoms. The fourth-order valence-corrected chi connectivity index (χ4v) is 1.61. The molecule has 0 N–H and O–H groups in total. The third-order valence-corrected chi connectivity index (χ3v) is 2.43. The molecule has 3 heteroatoms. The quantitative estimate of drug-likeness (QED) is 0.588. The van der Waals surface area contributed by atoms with E-state index < -0.39 is 0 Å². The summed E-state index contributed by atoms with van der Waals surface area (Å²) in [5, 5.41) is 0. The molecule has 3 nitrogen and oxygen atoms in total. The summed E-state index contributed by atoms with van der Waals surface area (Å²) < 4.78 is 0. The zero-order valence-electron chi connectivity index (χ0n) is 8.71. The number of amides is 1. The zero-order chi connectivity index (χ0) is 10.0. The Balaban J connectivity index is 2.53. The minimum absolute atomic E-state index is 0.208. The number of likely N-dealkylation sites (N-methyl/N-ethyl adjacent to an activating group) is 1. The number of carbonyl (C=O) groups is 1. The Morgan fingerprint density at radius 2 is 2.31 bits per heavy atom. The molecule has 1 saturated heterocycles. The van der Waals surface area contributed by atoms with Crippen LogP contribution in [0, 0.1) is 0 Å². The van der Waals surface area contributed by atoms with E-state index in [1.54, 1.807) is 0 Å². The molecule has 1 atom stereocenters. The number of rotatable bonds is 2. The first kappa shape index (κ1) is 10.3.